The van der Waals surface area contributed by atoms with Crippen molar-refractivity contribution in [1.29, 1.82) is 10.5 Å². The summed E-state index contributed by atoms with van der Waals surface area (Å²) in [7, 11) is 0. The second-order valence-electron chi connectivity index (χ2n) is 7.92. The van der Waals surface area contributed by atoms with Gasteiger partial charge in [-0.2, -0.15) is 15.6 Å². The van der Waals surface area contributed by atoms with Gasteiger partial charge in [-0.3, -0.25) is 14.5 Å². The van der Waals surface area contributed by atoms with Crippen LogP contribution in [0, 0.1) is 28.5 Å². The van der Waals surface area contributed by atoms with Gasteiger partial charge in [-0.25, -0.2) is 4.39 Å². The van der Waals surface area contributed by atoms with E-state index >= 15 is 0 Å². The van der Waals surface area contributed by atoms with Gasteiger partial charge < -0.3 is 16.0 Å². The Morgan fingerprint density at radius 2 is 1.94 bits per heavy atom. The van der Waals surface area contributed by atoms with E-state index in [1.54, 1.807) is 23.1 Å². The first-order chi connectivity index (χ1) is 15.9. The topological polar surface area (TPSA) is 137 Å². The number of nitriles is 2. The molecular weight excluding hydrogens is 423 g/mol. The number of nitrogens with one attached hydrogen (secondary N) is 1. The Kier molecular flexibility index (Phi) is 5.92. The Labute approximate surface area is 189 Å². The molecule has 3 heterocycles. The molecule has 33 heavy (non-hydrogen) atoms. The number of hydrogen-bond acceptors (Lipinski definition) is 7. The van der Waals surface area contributed by atoms with Gasteiger partial charge in [0.1, 0.15) is 17.4 Å². The Bertz CT molecular complexity index is 1250. The minimum absolute atomic E-state index is 0.185. The SMILES string of the molecule is N#CCC1(n2cc(C(N)=O)c(Nc3ccc(F)cc3)n2)CCN(c2cncc(C#N)c2)CC1. The summed E-state index contributed by atoms with van der Waals surface area (Å²) in [6, 6.07) is 11.8. The molecule has 1 saturated heterocycles. The summed E-state index contributed by atoms with van der Waals surface area (Å²) < 4.78 is 14.9. The molecule has 10 heteroatoms. The Balaban J connectivity index is 1.61. The smallest absolute Gasteiger partial charge is 0.254 e. The molecule has 1 amide bonds. The number of carbonyl (C=O) groups excluding carboxylic acids is 1. The number of rotatable bonds is 6. The predicted molar refractivity (Wildman–Crippen MR) is 119 cm³/mol. The van der Waals surface area contributed by atoms with E-state index in [2.05, 4.69) is 32.4 Å². The van der Waals surface area contributed by atoms with E-state index in [1.165, 1.54) is 30.5 Å². The molecule has 2 aromatic heterocycles. The van der Waals surface area contributed by atoms with E-state index in [0.717, 1.165) is 5.69 Å². The molecule has 3 N–H and O–H groups in total. The Morgan fingerprint density at radius 1 is 1.21 bits per heavy atom. The summed E-state index contributed by atoms with van der Waals surface area (Å²) in [4.78, 5) is 18.3. The number of pyridine rings is 1. The number of anilines is 3. The molecule has 0 radical (unpaired) electrons. The highest BCUT2D eigenvalue weighted by Crippen LogP contribution is 2.36. The van der Waals surface area contributed by atoms with Gasteiger partial charge >= 0.3 is 0 Å². The van der Waals surface area contributed by atoms with Gasteiger partial charge in [-0.05, 0) is 43.2 Å². The third-order valence-corrected chi connectivity index (χ3v) is 5.89. The third kappa shape index (κ3) is 4.46. The number of aromatic nitrogens is 3. The van der Waals surface area contributed by atoms with Crippen LogP contribution in [-0.2, 0) is 5.54 Å². The zero-order chi connectivity index (χ0) is 23.4. The summed E-state index contributed by atoms with van der Waals surface area (Å²) in [5.41, 5.74) is 7.02. The minimum Gasteiger partial charge on any atom is -0.370 e. The van der Waals surface area contributed by atoms with Gasteiger partial charge in [0.2, 0.25) is 0 Å². The van der Waals surface area contributed by atoms with Crippen LogP contribution in [0.2, 0.25) is 0 Å². The summed E-state index contributed by atoms with van der Waals surface area (Å²) in [5, 5.41) is 26.3. The fourth-order valence-corrected chi connectivity index (χ4v) is 4.04. The maximum Gasteiger partial charge on any atom is 0.254 e. The van der Waals surface area contributed by atoms with Crippen LogP contribution in [0.5, 0.6) is 0 Å². The molecule has 0 saturated carbocycles. The second kappa shape index (κ2) is 8.97. The lowest BCUT2D eigenvalue weighted by Crippen LogP contribution is -2.46. The number of nitrogens with two attached hydrogens (primary N) is 1. The molecule has 4 rings (SSSR count). The standard InChI is InChI=1S/C23H21FN8O/c24-17-1-3-18(4-2-17)29-22-20(21(27)33)15-32(30-22)23(5-8-25)6-9-31(10-7-23)19-11-16(12-26)13-28-14-19/h1-4,11,13-15H,5-7,9-10H2,(H2,27,33)(H,29,30). The van der Waals surface area contributed by atoms with Crippen LogP contribution in [0.3, 0.4) is 0 Å². The molecule has 0 unspecified atom stereocenters. The van der Waals surface area contributed by atoms with Crippen molar-refractivity contribution in [3.05, 3.63) is 65.9 Å². The number of hydrogen-bond donors (Lipinski definition) is 2. The fourth-order valence-electron chi connectivity index (χ4n) is 4.04. The first kappa shape index (κ1) is 21.8. The van der Waals surface area contributed by atoms with Crippen molar-refractivity contribution in [1.82, 2.24) is 14.8 Å². The predicted octanol–water partition coefficient (Wildman–Crippen LogP) is 3.04. The molecule has 9 nitrogen and oxygen atoms in total. The largest absolute Gasteiger partial charge is 0.370 e. The molecule has 1 aliphatic rings. The van der Waals surface area contributed by atoms with E-state index < -0.39 is 11.4 Å². The molecular formula is C23H21FN8O. The first-order valence-corrected chi connectivity index (χ1v) is 10.3. The number of amides is 1. The summed E-state index contributed by atoms with van der Waals surface area (Å²) in [6.45, 7) is 1.23. The van der Waals surface area contributed by atoms with Gasteiger partial charge in [0.05, 0.1) is 35.5 Å². The van der Waals surface area contributed by atoms with E-state index in [4.69, 9.17) is 11.0 Å². The molecule has 166 valence electrons. The normalized spacial score (nSPS) is 14.8. The van der Waals surface area contributed by atoms with E-state index in [9.17, 15) is 14.4 Å². The molecule has 1 fully saturated rings. The van der Waals surface area contributed by atoms with Crippen LogP contribution in [0.25, 0.3) is 0 Å². The number of carbonyl (C=O) groups is 1. The van der Waals surface area contributed by atoms with Gasteiger partial charge in [0.25, 0.3) is 5.91 Å². The van der Waals surface area contributed by atoms with Crippen LogP contribution in [0.4, 0.5) is 21.6 Å². The molecule has 1 aromatic carbocycles. The van der Waals surface area contributed by atoms with Crippen molar-refractivity contribution in [3.8, 4) is 12.1 Å². The first-order valence-electron chi connectivity index (χ1n) is 10.3. The highest BCUT2D eigenvalue weighted by atomic mass is 19.1. The van der Waals surface area contributed by atoms with Gasteiger partial charge in [-0.15, -0.1) is 0 Å². The lowest BCUT2D eigenvalue weighted by Gasteiger charge is -2.41. The lowest BCUT2D eigenvalue weighted by molar-refractivity contribution is 0.100. The van der Waals surface area contributed by atoms with Crippen molar-refractivity contribution in [2.24, 2.45) is 5.73 Å². The average molecular weight is 444 g/mol. The van der Waals surface area contributed by atoms with Gasteiger partial charge in [0.15, 0.2) is 5.82 Å². The molecule has 1 aliphatic heterocycles. The van der Waals surface area contributed by atoms with E-state index in [-0.39, 0.29) is 23.6 Å². The van der Waals surface area contributed by atoms with Crippen LogP contribution < -0.4 is 16.0 Å². The summed E-state index contributed by atoms with van der Waals surface area (Å²) >= 11 is 0. The number of piperidine rings is 1. The van der Waals surface area contributed by atoms with E-state index in [0.29, 0.717) is 37.2 Å². The molecule has 0 atom stereocenters. The minimum atomic E-state index is -0.658. The monoisotopic (exact) mass is 444 g/mol. The Morgan fingerprint density at radius 3 is 2.58 bits per heavy atom. The van der Waals surface area contributed by atoms with Gasteiger partial charge in [-0.1, -0.05) is 0 Å². The number of nitrogens with zero attached hydrogens (tertiary/aromatic N) is 6. The van der Waals surface area contributed by atoms with Gasteiger partial charge in [0, 0.05) is 31.2 Å². The van der Waals surface area contributed by atoms with Crippen molar-refractivity contribution >= 4 is 23.1 Å². The molecule has 3 aromatic rings. The maximum atomic E-state index is 13.2. The average Bonchev–Trinajstić information content (AvgIpc) is 3.26. The van der Waals surface area contributed by atoms with Crippen molar-refractivity contribution < 1.29 is 9.18 Å². The summed E-state index contributed by atoms with van der Waals surface area (Å²) in [5.74, 6) is -0.786. The zero-order valence-corrected chi connectivity index (χ0v) is 17.7. The molecule has 0 aliphatic carbocycles. The van der Waals surface area contributed by atoms with Crippen molar-refractivity contribution in [2.45, 2.75) is 24.8 Å². The third-order valence-electron chi connectivity index (χ3n) is 5.89. The van der Waals surface area contributed by atoms with Crippen LogP contribution in [0.1, 0.15) is 35.2 Å². The molecule has 0 spiro atoms. The molecule has 0 bridgehead atoms. The van der Waals surface area contributed by atoms with Crippen LogP contribution >= 0.6 is 0 Å². The quantitative estimate of drug-likeness (QED) is 0.596. The maximum absolute atomic E-state index is 13.2. The number of primary amides is 1. The second-order valence-corrected chi connectivity index (χ2v) is 7.92. The zero-order valence-electron chi connectivity index (χ0n) is 17.7. The Hall–Kier alpha value is -4.44. The number of halogens is 1. The van der Waals surface area contributed by atoms with Crippen molar-refractivity contribution in [2.75, 3.05) is 23.3 Å². The van der Waals surface area contributed by atoms with Crippen molar-refractivity contribution in [3.63, 3.8) is 0 Å². The van der Waals surface area contributed by atoms with Crippen LogP contribution in [0.15, 0.2) is 48.9 Å². The lowest BCUT2D eigenvalue weighted by atomic mass is 9.84. The highest BCUT2D eigenvalue weighted by Gasteiger charge is 2.38. The number of benzene rings is 1. The fraction of sp³-hybridized carbons (Fsp3) is 0.261. The van der Waals surface area contributed by atoms with Crippen LogP contribution in [-0.4, -0.2) is 33.8 Å². The highest BCUT2D eigenvalue weighted by molar-refractivity contribution is 5.98. The summed E-state index contributed by atoms with van der Waals surface area (Å²) in [6.07, 6.45) is 6.17. The van der Waals surface area contributed by atoms with E-state index in [1.807, 2.05) is 0 Å².